The van der Waals surface area contributed by atoms with Crippen molar-refractivity contribution in [2.75, 3.05) is 127 Å². The number of nitrogens with two attached hydrogens (primary N) is 1. The predicted octanol–water partition coefficient (Wildman–Crippen LogP) is 11.1. The van der Waals surface area contributed by atoms with E-state index in [0.29, 0.717) is 99.3 Å². The minimum Gasteiger partial charge on any atom is -0.495 e. The number of rotatable bonds is 18. The number of nitrogens with one attached hydrogen (secondary N) is 2. The van der Waals surface area contributed by atoms with E-state index in [2.05, 4.69) is 137 Å². The maximum atomic E-state index is 9.72. The van der Waals surface area contributed by atoms with Crippen LogP contribution in [0.2, 0.25) is 0 Å². The molecule has 0 radical (unpaired) electrons. The fourth-order valence-corrected chi connectivity index (χ4v) is 16.3. The molecule has 6 aliphatic heterocycles. The van der Waals surface area contributed by atoms with Crippen molar-refractivity contribution in [2.45, 2.75) is 76.3 Å². The summed E-state index contributed by atoms with van der Waals surface area (Å²) in [6.45, 7) is 12.1. The summed E-state index contributed by atoms with van der Waals surface area (Å²) in [5.41, 5.74) is 19.1. The first kappa shape index (κ1) is 75.8. The maximum Gasteiger partial charge on any atom is 0.224 e. The molecule has 0 saturated carbocycles. The van der Waals surface area contributed by atoms with Gasteiger partial charge in [0.15, 0.2) is 16.9 Å². The third kappa shape index (κ3) is 15.0. The van der Waals surface area contributed by atoms with Gasteiger partial charge in [0.2, 0.25) is 17.6 Å². The van der Waals surface area contributed by atoms with E-state index in [1.54, 1.807) is 97.1 Å². The van der Waals surface area contributed by atoms with Gasteiger partial charge >= 0.3 is 0 Å². The van der Waals surface area contributed by atoms with Gasteiger partial charge in [0, 0.05) is 125 Å². The van der Waals surface area contributed by atoms with Crippen molar-refractivity contribution < 1.29 is 28.4 Å². The number of likely N-dealkylation sites (tertiary alicyclic amines) is 3. The monoisotopic (exact) mass is 1570 g/mol. The molecule has 14 aromatic rings. The lowest BCUT2D eigenvalue weighted by Gasteiger charge is -2.48. The average Bonchev–Trinajstić information content (AvgIpc) is 1.55. The first-order valence-corrected chi connectivity index (χ1v) is 38.4. The minimum absolute atomic E-state index is 0.457. The molecule has 2 unspecified atom stereocenters. The fourth-order valence-electron chi connectivity index (χ4n) is 16.3. The highest BCUT2D eigenvalue weighted by Crippen LogP contribution is 2.50. The Kier molecular flexibility index (Phi) is 20.8. The molecule has 0 bridgehead atoms. The van der Waals surface area contributed by atoms with Crippen molar-refractivity contribution in [3.05, 3.63) is 182 Å². The van der Waals surface area contributed by atoms with Crippen LogP contribution in [0.15, 0.2) is 165 Å². The lowest BCUT2D eigenvalue weighted by Crippen LogP contribution is -2.61. The molecule has 6 aromatic carbocycles. The zero-order valence-corrected chi connectivity index (χ0v) is 66.6. The number of nitrogen functional groups attached to an aromatic ring is 1. The highest BCUT2D eigenvalue weighted by Gasteiger charge is 2.50. The molecule has 20 rings (SSSR count). The Morgan fingerprint density at radius 2 is 0.838 bits per heavy atom. The number of nitrogens with zero attached hydrogens (tertiary/aromatic N) is 25. The number of aliphatic imine (C=N–C) groups is 1. The van der Waals surface area contributed by atoms with Crippen molar-refractivity contribution in [3.8, 4) is 58.2 Å². The molecule has 4 N–H and O–H groups in total. The van der Waals surface area contributed by atoms with E-state index in [1.807, 2.05) is 125 Å². The Morgan fingerprint density at radius 1 is 0.453 bits per heavy atom. The zero-order valence-electron chi connectivity index (χ0n) is 66.6. The molecule has 34 heteroatoms. The third-order valence-electron chi connectivity index (χ3n) is 22.5. The van der Waals surface area contributed by atoms with E-state index in [1.165, 1.54) is 19.0 Å². The van der Waals surface area contributed by atoms with E-state index in [9.17, 15) is 5.26 Å². The van der Waals surface area contributed by atoms with Crippen LogP contribution < -0.4 is 59.5 Å². The topological polar surface area (TPSA) is 345 Å². The quantitative estimate of drug-likeness (QED) is 0.0408. The number of benzene rings is 6. The van der Waals surface area contributed by atoms with Crippen LogP contribution in [-0.2, 0) is 0 Å². The van der Waals surface area contributed by atoms with E-state index >= 15 is 0 Å². The standard InChI is InChI=1S/2C27H27N9O2.C17H23N5O.C12H11N5O/c2*1-16-10-17(4-6-21(16)38-24-11-23-29-14-32-36(23)15-31-24)33-27-25-18(28-13-30-27)5-7-22(37-3)26(25)35-12-20-19(35)8-9-34(20)2;1-20(2)11-19-13-5-6-16(23-4)17(12(13)9-18)22-10-15-14(22)7-8-21(15)3;1-8-4-9(13)2-3-10(8)18-12-5-11-14-6-16-17(11)7-15-12/h2*4-7,10-11,13-15,19-20H,8-9,12H2,1-3H3,(H,28,30,33);5-6,11,14-15H,7-8,10H2,1-4H3;2-7H,13H2,1H3/t2*19-,20-;;/m10../s1. The summed E-state index contributed by atoms with van der Waals surface area (Å²) in [6.07, 6.45) is 17.5. The summed E-state index contributed by atoms with van der Waals surface area (Å²) < 4.78 is 39.7. The van der Waals surface area contributed by atoms with Crippen LogP contribution in [-0.4, -0.2) is 237 Å². The number of aryl methyl sites for hydroxylation is 3. The summed E-state index contributed by atoms with van der Waals surface area (Å²) in [5.74, 6) is 7.42. The van der Waals surface area contributed by atoms with Gasteiger partial charge in [0.05, 0.1) is 72.2 Å². The summed E-state index contributed by atoms with van der Waals surface area (Å²) in [5, 5.41) is 30.8. The molecule has 0 amide bonds. The van der Waals surface area contributed by atoms with Crippen molar-refractivity contribution in [2.24, 2.45) is 4.99 Å². The molecular weight excluding hydrogens is 1490 g/mol. The number of likely N-dealkylation sites (N-methyl/N-ethyl adjacent to an activating group) is 3. The Balaban J connectivity index is 0.000000117. The normalized spacial score (nSPS) is 18.6. The fraction of sp³-hybridized carbons (Fsp3) is 0.313. The molecule has 6 saturated heterocycles. The number of hydrogen-bond acceptors (Lipinski definition) is 30. The maximum absolute atomic E-state index is 9.72. The van der Waals surface area contributed by atoms with Crippen LogP contribution in [0.3, 0.4) is 0 Å². The zero-order chi connectivity index (χ0) is 80.7. The number of nitriles is 1. The lowest BCUT2D eigenvalue weighted by atomic mass is 9.94. The molecule has 14 heterocycles. The second kappa shape index (κ2) is 32.2. The Bertz CT molecular complexity index is 5860. The summed E-state index contributed by atoms with van der Waals surface area (Å²) in [6, 6.07) is 39.8. The minimum atomic E-state index is 0.457. The average molecular weight is 1570 g/mol. The molecule has 8 aromatic heterocycles. The van der Waals surface area contributed by atoms with Gasteiger partial charge in [-0.05, 0) is 169 Å². The van der Waals surface area contributed by atoms with E-state index in [-0.39, 0.29) is 0 Å². The number of ether oxygens (including phenoxy) is 6. The van der Waals surface area contributed by atoms with Crippen LogP contribution in [0.4, 0.5) is 51.4 Å². The lowest BCUT2D eigenvalue weighted by molar-refractivity contribution is 0.240. The number of fused-ring (bicyclic) bond motifs is 8. The number of anilines is 8. The Hall–Kier alpha value is -13.9. The first-order valence-electron chi connectivity index (χ1n) is 38.4. The van der Waals surface area contributed by atoms with Crippen molar-refractivity contribution >= 4 is 96.5 Å². The summed E-state index contributed by atoms with van der Waals surface area (Å²) in [7, 11) is 15.5. The summed E-state index contributed by atoms with van der Waals surface area (Å²) >= 11 is 0. The summed E-state index contributed by atoms with van der Waals surface area (Å²) in [4.78, 5) is 64.5. The SMILES string of the molecule is COc1ccc(N=CN(C)C)c(C#N)c1N1CC2C1CCN2C.COc1ccc2ncnc(Nc3ccc(Oc4cc5ncnn5cn4)c(C)c3)c2c1N1C[C@@H]2[C@H]1CCN2C.COc1ccc2ncnc(Nc3ccc(Oc4cc5ncnn5cn4)c(C)c3)c2c1N1C[C@H]2[C@@H]1CCN2C.Cc1cc(N)ccc1Oc1cc2ncnn2cn1. The van der Waals surface area contributed by atoms with Gasteiger partial charge in [-0.1, -0.05) is 0 Å². The largest absolute Gasteiger partial charge is 0.495 e. The Morgan fingerprint density at radius 3 is 1.22 bits per heavy atom. The molecule has 6 atom stereocenters. The van der Waals surface area contributed by atoms with E-state index < -0.39 is 0 Å². The van der Waals surface area contributed by atoms with Gasteiger partial charge in [0.25, 0.3) is 0 Å². The van der Waals surface area contributed by atoms with Gasteiger partial charge < -0.3 is 64.4 Å². The smallest absolute Gasteiger partial charge is 0.224 e. The number of aromatic nitrogens is 16. The number of hydrogen-bond donors (Lipinski definition) is 3. The van der Waals surface area contributed by atoms with E-state index in [4.69, 9.17) is 34.2 Å². The predicted molar refractivity (Wildman–Crippen MR) is 445 cm³/mol. The number of methoxy groups -OCH3 is 3. The van der Waals surface area contributed by atoms with Crippen LogP contribution in [0, 0.1) is 32.1 Å². The Labute approximate surface area is 673 Å². The van der Waals surface area contributed by atoms with Crippen LogP contribution in [0.25, 0.3) is 38.7 Å². The van der Waals surface area contributed by atoms with Gasteiger partial charge in [0.1, 0.15) is 108 Å². The first-order chi connectivity index (χ1) is 57.0. The molecule has 6 aliphatic rings. The van der Waals surface area contributed by atoms with Crippen molar-refractivity contribution in [1.82, 2.24) is 98.3 Å². The highest BCUT2D eigenvalue weighted by atomic mass is 16.5. The van der Waals surface area contributed by atoms with Crippen LogP contribution in [0.1, 0.15) is 41.5 Å². The van der Waals surface area contributed by atoms with E-state index in [0.717, 1.165) is 160 Å². The molecule has 34 nitrogen and oxygen atoms in total. The third-order valence-corrected chi connectivity index (χ3v) is 22.5. The van der Waals surface area contributed by atoms with Gasteiger partial charge in [-0.15, -0.1) is 0 Å². The molecule has 596 valence electrons. The second-order valence-electron chi connectivity index (χ2n) is 29.9. The molecule has 0 spiro atoms. The van der Waals surface area contributed by atoms with Crippen molar-refractivity contribution in [1.29, 1.82) is 5.26 Å². The van der Waals surface area contributed by atoms with Crippen LogP contribution in [0.5, 0.6) is 52.1 Å². The second-order valence-corrected chi connectivity index (χ2v) is 29.9. The van der Waals surface area contributed by atoms with Gasteiger partial charge in [-0.25, -0.2) is 68.4 Å². The molecule has 0 aliphatic carbocycles. The van der Waals surface area contributed by atoms with Gasteiger partial charge in [-0.2, -0.15) is 20.6 Å². The molecular formula is C83H88N28O6. The highest BCUT2D eigenvalue weighted by molar-refractivity contribution is 6.05. The molecule has 117 heavy (non-hydrogen) atoms. The van der Waals surface area contributed by atoms with Gasteiger partial charge in [-0.3, -0.25) is 14.7 Å². The van der Waals surface area contributed by atoms with Crippen molar-refractivity contribution in [3.63, 3.8) is 0 Å². The molecule has 6 fully saturated rings. The van der Waals surface area contributed by atoms with Crippen LogP contribution >= 0.6 is 0 Å².